The first-order chi connectivity index (χ1) is 6.90. The first-order valence-corrected chi connectivity index (χ1v) is 5.10. The predicted molar refractivity (Wildman–Crippen MR) is 61.8 cm³/mol. The fraction of sp³-hybridized carbons (Fsp3) is 0.364. The summed E-state index contributed by atoms with van der Waals surface area (Å²) in [6.45, 7) is 5.87. The van der Waals surface area contributed by atoms with E-state index in [-0.39, 0.29) is 11.4 Å². The molecular weight excluding hydrogens is 212 g/mol. The van der Waals surface area contributed by atoms with Crippen LogP contribution in [0.5, 0.6) is 0 Å². The van der Waals surface area contributed by atoms with E-state index in [2.05, 4.69) is 10.9 Å². The Labute approximate surface area is 94.8 Å². The van der Waals surface area contributed by atoms with Crippen LogP contribution in [-0.2, 0) is 0 Å². The molecule has 0 aromatic heterocycles. The Hall–Kier alpha value is -1.06. The Morgan fingerprint density at radius 1 is 1.27 bits per heavy atom. The Kier molecular flexibility index (Phi) is 3.72. The van der Waals surface area contributed by atoms with Gasteiger partial charge in [0.15, 0.2) is 0 Å². The number of benzene rings is 1. The molecule has 1 aromatic rings. The van der Waals surface area contributed by atoms with Crippen molar-refractivity contribution in [3.05, 3.63) is 34.9 Å². The maximum absolute atomic E-state index is 11.7. The zero-order valence-corrected chi connectivity index (χ0v) is 9.85. The van der Waals surface area contributed by atoms with E-state index in [0.717, 1.165) is 0 Å². The molecule has 1 rings (SSSR count). The van der Waals surface area contributed by atoms with Crippen LogP contribution in [0.3, 0.4) is 0 Å². The zero-order chi connectivity index (χ0) is 11.5. The van der Waals surface area contributed by atoms with Crippen molar-refractivity contribution in [3.8, 4) is 0 Å². The zero-order valence-electron chi connectivity index (χ0n) is 9.10. The molecule has 0 unspecified atom stereocenters. The Morgan fingerprint density at radius 3 is 2.40 bits per heavy atom. The number of hydrogen-bond donors (Lipinski definition) is 2. The van der Waals surface area contributed by atoms with Crippen molar-refractivity contribution in [2.24, 2.45) is 0 Å². The number of halogens is 1. The first kappa shape index (κ1) is 12.0. The monoisotopic (exact) mass is 226 g/mol. The van der Waals surface area contributed by atoms with Crippen molar-refractivity contribution >= 4 is 17.5 Å². The predicted octanol–water partition coefficient (Wildman–Crippen LogP) is 2.37. The third-order valence-electron chi connectivity index (χ3n) is 1.67. The molecular formula is C11H15ClN2O. The van der Waals surface area contributed by atoms with Crippen molar-refractivity contribution in [2.75, 3.05) is 0 Å². The van der Waals surface area contributed by atoms with Gasteiger partial charge >= 0.3 is 0 Å². The molecule has 3 nitrogen and oxygen atoms in total. The van der Waals surface area contributed by atoms with Gasteiger partial charge in [-0.15, -0.1) is 0 Å². The van der Waals surface area contributed by atoms with E-state index in [1.165, 1.54) is 0 Å². The summed E-state index contributed by atoms with van der Waals surface area (Å²) >= 11 is 5.88. The van der Waals surface area contributed by atoms with Crippen LogP contribution >= 0.6 is 11.6 Å². The second-order valence-corrected chi connectivity index (χ2v) is 4.72. The number of amides is 1. The lowest BCUT2D eigenvalue weighted by atomic mass is 10.1. The van der Waals surface area contributed by atoms with E-state index < -0.39 is 0 Å². The molecule has 0 radical (unpaired) electrons. The number of carbonyl (C=O) groups is 1. The van der Waals surface area contributed by atoms with Crippen LogP contribution < -0.4 is 10.9 Å². The number of rotatable bonds is 2. The molecule has 1 amide bonds. The molecule has 0 heterocycles. The minimum atomic E-state index is -0.226. The summed E-state index contributed by atoms with van der Waals surface area (Å²) in [5, 5.41) is 0.450. The largest absolute Gasteiger partial charge is 0.287 e. The standard InChI is InChI=1S/C11H15ClN2O/c1-11(2,3)14-13-10(15)8-6-4-5-7-9(8)12/h4-7,14H,1-3H3,(H,13,15). The first-order valence-electron chi connectivity index (χ1n) is 4.72. The summed E-state index contributed by atoms with van der Waals surface area (Å²) in [5.41, 5.74) is 5.79. The molecule has 0 aliphatic heterocycles. The van der Waals surface area contributed by atoms with Crippen molar-refractivity contribution < 1.29 is 4.79 Å². The molecule has 0 saturated carbocycles. The molecule has 0 atom stereocenters. The average molecular weight is 227 g/mol. The van der Waals surface area contributed by atoms with Crippen LogP contribution in [0, 0.1) is 0 Å². The summed E-state index contributed by atoms with van der Waals surface area (Å²) in [4.78, 5) is 11.7. The summed E-state index contributed by atoms with van der Waals surface area (Å²) in [6, 6.07) is 6.93. The molecule has 0 saturated heterocycles. The van der Waals surface area contributed by atoms with E-state index in [1.807, 2.05) is 20.8 Å². The van der Waals surface area contributed by atoms with Gasteiger partial charge in [0.1, 0.15) is 0 Å². The molecule has 0 aliphatic rings. The van der Waals surface area contributed by atoms with Crippen LogP contribution in [0.25, 0.3) is 0 Å². The number of hydrogen-bond acceptors (Lipinski definition) is 2. The third kappa shape index (κ3) is 3.90. The molecule has 2 N–H and O–H groups in total. The fourth-order valence-corrected chi connectivity index (χ4v) is 1.18. The maximum atomic E-state index is 11.7. The molecule has 15 heavy (non-hydrogen) atoms. The molecule has 1 aromatic carbocycles. The maximum Gasteiger partial charge on any atom is 0.266 e. The van der Waals surface area contributed by atoms with Crippen LogP contribution in [0.2, 0.25) is 5.02 Å². The quantitative estimate of drug-likeness (QED) is 0.761. The number of hydrazine groups is 1. The van der Waals surface area contributed by atoms with E-state index >= 15 is 0 Å². The summed E-state index contributed by atoms with van der Waals surface area (Å²) in [5.74, 6) is -0.226. The summed E-state index contributed by atoms with van der Waals surface area (Å²) < 4.78 is 0. The van der Waals surface area contributed by atoms with Gasteiger partial charge < -0.3 is 0 Å². The van der Waals surface area contributed by atoms with E-state index in [4.69, 9.17) is 11.6 Å². The van der Waals surface area contributed by atoms with Crippen molar-refractivity contribution in [3.63, 3.8) is 0 Å². The smallest absolute Gasteiger partial charge is 0.266 e. The fourth-order valence-electron chi connectivity index (χ4n) is 0.957. The van der Waals surface area contributed by atoms with Crippen molar-refractivity contribution in [1.29, 1.82) is 0 Å². The highest BCUT2D eigenvalue weighted by Gasteiger charge is 2.13. The SMILES string of the molecule is CC(C)(C)NNC(=O)c1ccccc1Cl. The van der Waals surface area contributed by atoms with Gasteiger partial charge in [0.25, 0.3) is 5.91 Å². The second-order valence-electron chi connectivity index (χ2n) is 4.31. The molecule has 0 aliphatic carbocycles. The highest BCUT2D eigenvalue weighted by Crippen LogP contribution is 2.14. The second kappa shape index (κ2) is 4.64. The van der Waals surface area contributed by atoms with E-state index in [9.17, 15) is 4.79 Å². The van der Waals surface area contributed by atoms with Crippen molar-refractivity contribution in [2.45, 2.75) is 26.3 Å². The lowest BCUT2D eigenvalue weighted by Crippen LogP contribution is -2.48. The normalized spacial score (nSPS) is 11.2. The summed E-state index contributed by atoms with van der Waals surface area (Å²) in [7, 11) is 0. The van der Waals surface area contributed by atoms with Gasteiger partial charge in [-0.1, -0.05) is 23.7 Å². The summed E-state index contributed by atoms with van der Waals surface area (Å²) in [6.07, 6.45) is 0. The van der Waals surface area contributed by atoms with Crippen LogP contribution in [-0.4, -0.2) is 11.4 Å². The Bertz CT molecular complexity index is 358. The van der Waals surface area contributed by atoms with Crippen LogP contribution in [0.15, 0.2) is 24.3 Å². The van der Waals surface area contributed by atoms with Gasteiger partial charge in [0, 0.05) is 5.54 Å². The van der Waals surface area contributed by atoms with Gasteiger partial charge in [0.05, 0.1) is 10.6 Å². The van der Waals surface area contributed by atoms with Crippen LogP contribution in [0.4, 0.5) is 0 Å². The highest BCUT2D eigenvalue weighted by molar-refractivity contribution is 6.33. The van der Waals surface area contributed by atoms with Gasteiger partial charge in [-0.3, -0.25) is 10.2 Å². The van der Waals surface area contributed by atoms with E-state index in [0.29, 0.717) is 10.6 Å². The molecule has 0 spiro atoms. The van der Waals surface area contributed by atoms with Gasteiger partial charge in [0.2, 0.25) is 0 Å². The van der Waals surface area contributed by atoms with Crippen molar-refractivity contribution in [1.82, 2.24) is 10.9 Å². The lowest BCUT2D eigenvalue weighted by Gasteiger charge is -2.21. The number of nitrogens with one attached hydrogen (secondary N) is 2. The minimum absolute atomic E-state index is 0.170. The average Bonchev–Trinajstić information content (AvgIpc) is 2.14. The number of carbonyl (C=O) groups excluding carboxylic acids is 1. The minimum Gasteiger partial charge on any atom is -0.287 e. The Balaban J connectivity index is 2.66. The Morgan fingerprint density at radius 2 is 1.87 bits per heavy atom. The highest BCUT2D eigenvalue weighted by atomic mass is 35.5. The van der Waals surface area contributed by atoms with Crippen LogP contribution in [0.1, 0.15) is 31.1 Å². The van der Waals surface area contributed by atoms with Gasteiger partial charge in [-0.25, -0.2) is 5.43 Å². The topological polar surface area (TPSA) is 41.1 Å². The third-order valence-corrected chi connectivity index (χ3v) is 2.00. The lowest BCUT2D eigenvalue weighted by molar-refractivity contribution is 0.0914. The van der Waals surface area contributed by atoms with E-state index in [1.54, 1.807) is 24.3 Å². The van der Waals surface area contributed by atoms with Gasteiger partial charge in [-0.2, -0.15) is 0 Å². The molecule has 0 bridgehead atoms. The van der Waals surface area contributed by atoms with Gasteiger partial charge in [-0.05, 0) is 32.9 Å². The molecule has 4 heteroatoms. The molecule has 82 valence electrons. The molecule has 0 fully saturated rings.